The number of rotatable bonds is 1. The molecule has 2 rings (SSSR count). The number of ether oxygens (including phenoxy) is 1. The van der Waals surface area contributed by atoms with E-state index in [0.29, 0.717) is 12.0 Å². The molecule has 2 atom stereocenters. The molecule has 2 heteroatoms. The molecule has 0 unspecified atom stereocenters. The first-order valence-corrected chi connectivity index (χ1v) is 4.62. The first-order valence-electron chi connectivity index (χ1n) is 4.62. The number of hydrogen-bond donors (Lipinski definition) is 1. The summed E-state index contributed by atoms with van der Waals surface area (Å²) in [4.78, 5) is 0. The molecule has 0 amide bonds. The van der Waals surface area contributed by atoms with Gasteiger partial charge in [-0.05, 0) is 18.8 Å². The van der Waals surface area contributed by atoms with Crippen molar-refractivity contribution in [3.8, 4) is 0 Å². The predicted molar refractivity (Wildman–Crippen MR) is 44.5 cm³/mol. The molecule has 64 valence electrons. The molecule has 2 heterocycles. The van der Waals surface area contributed by atoms with Crippen LogP contribution in [0.2, 0.25) is 0 Å². The largest absolute Gasteiger partial charge is 0.372 e. The van der Waals surface area contributed by atoms with E-state index in [1.807, 2.05) is 0 Å². The Labute approximate surface area is 68.3 Å². The standard InChI is InChI=1S/C9H17NO/c1-7(2)8-9(6-10-8)4-3-5-11-9/h7-8,10H,3-6H2,1-2H3/t8-,9+/m0/s1. The third kappa shape index (κ3) is 1.00. The van der Waals surface area contributed by atoms with Gasteiger partial charge in [0.1, 0.15) is 0 Å². The van der Waals surface area contributed by atoms with E-state index in [-0.39, 0.29) is 5.60 Å². The second-order valence-electron chi connectivity index (χ2n) is 4.12. The Hall–Kier alpha value is -0.0800. The SMILES string of the molecule is CC(C)[C@@H]1NC[C@]12CCCO2. The fourth-order valence-corrected chi connectivity index (χ4v) is 2.39. The van der Waals surface area contributed by atoms with Gasteiger partial charge in [0.05, 0.1) is 5.60 Å². The lowest BCUT2D eigenvalue weighted by molar-refractivity contribution is -0.0908. The van der Waals surface area contributed by atoms with Crippen LogP contribution in [0.1, 0.15) is 26.7 Å². The average Bonchev–Trinajstić information content (AvgIpc) is 2.31. The molecule has 2 aliphatic heterocycles. The second-order valence-corrected chi connectivity index (χ2v) is 4.12. The van der Waals surface area contributed by atoms with Crippen molar-refractivity contribution in [2.45, 2.75) is 38.3 Å². The highest BCUT2D eigenvalue weighted by atomic mass is 16.5. The molecule has 0 radical (unpaired) electrons. The van der Waals surface area contributed by atoms with Gasteiger partial charge in [-0.2, -0.15) is 0 Å². The summed E-state index contributed by atoms with van der Waals surface area (Å²) < 4.78 is 5.79. The zero-order valence-corrected chi connectivity index (χ0v) is 7.39. The van der Waals surface area contributed by atoms with Crippen LogP contribution in [0.25, 0.3) is 0 Å². The lowest BCUT2D eigenvalue weighted by Gasteiger charge is -2.49. The molecule has 2 fully saturated rings. The number of nitrogens with one attached hydrogen (secondary N) is 1. The minimum atomic E-state index is 0.244. The molecule has 11 heavy (non-hydrogen) atoms. The van der Waals surface area contributed by atoms with Gasteiger partial charge in [0, 0.05) is 19.2 Å². The van der Waals surface area contributed by atoms with E-state index in [1.54, 1.807) is 0 Å². The van der Waals surface area contributed by atoms with Crippen molar-refractivity contribution in [2.75, 3.05) is 13.2 Å². The van der Waals surface area contributed by atoms with Crippen LogP contribution in [0, 0.1) is 5.92 Å². The van der Waals surface area contributed by atoms with E-state index in [0.717, 1.165) is 13.2 Å². The Bertz CT molecular complexity index is 150. The van der Waals surface area contributed by atoms with E-state index < -0.39 is 0 Å². The van der Waals surface area contributed by atoms with Crippen LogP contribution in [-0.4, -0.2) is 24.8 Å². The third-order valence-electron chi connectivity index (χ3n) is 2.99. The summed E-state index contributed by atoms with van der Waals surface area (Å²) in [5.74, 6) is 0.710. The summed E-state index contributed by atoms with van der Waals surface area (Å²) in [5, 5.41) is 3.45. The summed E-state index contributed by atoms with van der Waals surface area (Å²) in [6.45, 7) is 6.58. The predicted octanol–water partition coefficient (Wildman–Crippen LogP) is 1.16. The van der Waals surface area contributed by atoms with Crippen molar-refractivity contribution in [3.63, 3.8) is 0 Å². The highest BCUT2D eigenvalue weighted by Crippen LogP contribution is 2.37. The Kier molecular flexibility index (Phi) is 1.69. The van der Waals surface area contributed by atoms with Crippen molar-refractivity contribution in [1.82, 2.24) is 5.32 Å². The Balaban J connectivity index is 2.03. The van der Waals surface area contributed by atoms with Crippen LogP contribution >= 0.6 is 0 Å². The highest BCUT2D eigenvalue weighted by molar-refractivity contribution is 5.07. The van der Waals surface area contributed by atoms with Crippen molar-refractivity contribution in [3.05, 3.63) is 0 Å². The molecule has 0 aromatic carbocycles. The molecule has 2 aliphatic rings. The smallest absolute Gasteiger partial charge is 0.0961 e. The van der Waals surface area contributed by atoms with Crippen LogP contribution in [-0.2, 0) is 4.74 Å². The zero-order valence-electron chi connectivity index (χ0n) is 7.39. The average molecular weight is 155 g/mol. The van der Waals surface area contributed by atoms with Gasteiger partial charge in [0.15, 0.2) is 0 Å². The molecule has 2 nitrogen and oxygen atoms in total. The van der Waals surface area contributed by atoms with E-state index >= 15 is 0 Å². The van der Waals surface area contributed by atoms with Gasteiger partial charge >= 0.3 is 0 Å². The zero-order chi connectivity index (χ0) is 7.90. The second kappa shape index (κ2) is 2.46. The van der Waals surface area contributed by atoms with Gasteiger partial charge in [-0.1, -0.05) is 13.8 Å². The summed E-state index contributed by atoms with van der Waals surface area (Å²) >= 11 is 0. The van der Waals surface area contributed by atoms with Gasteiger partial charge in [0.2, 0.25) is 0 Å². The summed E-state index contributed by atoms with van der Waals surface area (Å²) in [6.07, 6.45) is 2.52. The topological polar surface area (TPSA) is 21.3 Å². The summed E-state index contributed by atoms with van der Waals surface area (Å²) in [7, 11) is 0. The van der Waals surface area contributed by atoms with Gasteiger partial charge in [0.25, 0.3) is 0 Å². The maximum Gasteiger partial charge on any atom is 0.0961 e. The molecular formula is C9H17NO. The fourth-order valence-electron chi connectivity index (χ4n) is 2.39. The fraction of sp³-hybridized carbons (Fsp3) is 1.00. The molecule has 0 bridgehead atoms. The maximum absolute atomic E-state index is 5.79. The van der Waals surface area contributed by atoms with E-state index in [2.05, 4.69) is 19.2 Å². The van der Waals surface area contributed by atoms with Gasteiger partial charge in [-0.15, -0.1) is 0 Å². The first-order chi connectivity index (χ1) is 5.25. The molecular weight excluding hydrogens is 138 g/mol. The molecule has 0 aromatic rings. The van der Waals surface area contributed by atoms with Crippen LogP contribution in [0.5, 0.6) is 0 Å². The Morgan fingerprint density at radius 1 is 1.55 bits per heavy atom. The number of hydrogen-bond acceptors (Lipinski definition) is 2. The molecule has 1 spiro atoms. The van der Waals surface area contributed by atoms with Gasteiger partial charge < -0.3 is 10.1 Å². The first kappa shape index (κ1) is 7.56. The lowest BCUT2D eigenvalue weighted by atomic mass is 9.77. The Morgan fingerprint density at radius 2 is 2.36 bits per heavy atom. The maximum atomic E-state index is 5.79. The van der Waals surface area contributed by atoms with Crippen LogP contribution < -0.4 is 5.32 Å². The minimum Gasteiger partial charge on any atom is -0.372 e. The van der Waals surface area contributed by atoms with Crippen LogP contribution in [0.15, 0.2) is 0 Å². The molecule has 1 N–H and O–H groups in total. The summed E-state index contributed by atoms with van der Waals surface area (Å²) in [5.41, 5.74) is 0.244. The highest BCUT2D eigenvalue weighted by Gasteiger charge is 2.50. The quantitative estimate of drug-likeness (QED) is 0.613. The monoisotopic (exact) mass is 155 g/mol. The normalized spacial score (nSPS) is 43.4. The van der Waals surface area contributed by atoms with Crippen LogP contribution in [0.3, 0.4) is 0 Å². The van der Waals surface area contributed by atoms with E-state index in [9.17, 15) is 0 Å². The minimum absolute atomic E-state index is 0.244. The molecule has 0 saturated carbocycles. The van der Waals surface area contributed by atoms with Crippen molar-refractivity contribution < 1.29 is 4.74 Å². The molecule has 0 aliphatic carbocycles. The van der Waals surface area contributed by atoms with Crippen LogP contribution in [0.4, 0.5) is 0 Å². The summed E-state index contributed by atoms with van der Waals surface area (Å²) in [6, 6.07) is 0.616. The van der Waals surface area contributed by atoms with Gasteiger partial charge in [-0.25, -0.2) is 0 Å². The Morgan fingerprint density at radius 3 is 2.73 bits per heavy atom. The molecule has 0 aromatic heterocycles. The van der Waals surface area contributed by atoms with Crippen molar-refractivity contribution >= 4 is 0 Å². The van der Waals surface area contributed by atoms with Crippen molar-refractivity contribution in [2.24, 2.45) is 5.92 Å². The van der Waals surface area contributed by atoms with Gasteiger partial charge in [-0.3, -0.25) is 0 Å². The van der Waals surface area contributed by atoms with E-state index in [4.69, 9.17) is 4.74 Å². The third-order valence-corrected chi connectivity index (χ3v) is 2.99. The van der Waals surface area contributed by atoms with Crippen molar-refractivity contribution in [1.29, 1.82) is 0 Å². The van der Waals surface area contributed by atoms with E-state index in [1.165, 1.54) is 12.8 Å². The lowest BCUT2D eigenvalue weighted by Crippen LogP contribution is -2.69. The molecule has 2 saturated heterocycles.